The lowest BCUT2D eigenvalue weighted by Crippen LogP contribution is -2.45. The highest BCUT2D eigenvalue weighted by molar-refractivity contribution is 5.77. The van der Waals surface area contributed by atoms with Crippen molar-refractivity contribution >= 4 is 5.97 Å². The van der Waals surface area contributed by atoms with E-state index >= 15 is 0 Å². The van der Waals surface area contributed by atoms with Crippen LogP contribution in [-0.4, -0.2) is 30.8 Å². The highest BCUT2D eigenvalue weighted by atomic mass is 16.5. The minimum atomic E-state index is -1.24. The molecule has 1 rings (SSSR count). The zero-order valence-electron chi connectivity index (χ0n) is 11.8. The molecule has 0 aliphatic carbocycles. The summed E-state index contributed by atoms with van der Waals surface area (Å²) in [5.74, 6) is 0.277. The van der Waals surface area contributed by atoms with Crippen molar-refractivity contribution in [2.75, 3.05) is 14.2 Å². The van der Waals surface area contributed by atoms with Crippen LogP contribution in [0.2, 0.25) is 0 Å². The molecule has 106 valence electrons. The number of methoxy groups -OCH3 is 2. The van der Waals surface area contributed by atoms with Crippen LogP contribution in [0.15, 0.2) is 18.2 Å². The van der Waals surface area contributed by atoms with E-state index in [1.807, 2.05) is 19.1 Å². The maximum Gasteiger partial charge on any atom is 0.323 e. The lowest BCUT2D eigenvalue weighted by Gasteiger charge is -2.24. The first-order valence-electron chi connectivity index (χ1n) is 6.06. The first-order chi connectivity index (χ1) is 8.81. The summed E-state index contributed by atoms with van der Waals surface area (Å²) in [6.07, 6.45) is 0.345. The summed E-state index contributed by atoms with van der Waals surface area (Å²) in [7, 11) is 3.14. The number of rotatable bonds is 6. The van der Waals surface area contributed by atoms with E-state index in [0.29, 0.717) is 17.9 Å². The Morgan fingerprint density at radius 3 is 2.42 bits per heavy atom. The quantitative estimate of drug-likeness (QED) is 0.823. The molecule has 1 aromatic carbocycles. The van der Waals surface area contributed by atoms with E-state index in [2.05, 4.69) is 0 Å². The summed E-state index contributed by atoms with van der Waals surface area (Å²) in [6, 6.07) is 5.55. The van der Waals surface area contributed by atoms with Crippen molar-refractivity contribution in [3.8, 4) is 11.5 Å². The zero-order valence-corrected chi connectivity index (χ0v) is 11.8. The highest BCUT2D eigenvalue weighted by Gasteiger charge is 2.30. The van der Waals surface area contributed by atoms with Gasteiger partial charge in [0.1, 0.15) is 5.54 Å². The highest BCUT2D eigenvalue weighted by Crippen LogP contribution is 2.33. The fourth-order valence-electron chi connectivity index (χ4n) is 2.00. The van der Waals surface area contributed by atoms with Crippen LogP contribution in [-0.2, 0) is 4.79 Å². The van der Waals surface area contributed by atoms with Gasteiger partial charge in [0.05, 0.1) is 14.2 Å². The molecule has 2 atom stereocenters. The van der Waals surface area contributed by atoms with E-state index in [1.54, 1.807) is 20.3 Å². The molecular weight excluding hydrogens is 246 g/mol. The molecule has 0 amide bonds. The molecule has 3 N–H and O–H groups in total. The predicted octanol–water partition coefficient (Wildman–Crippen LogP) is 2.00. The number of hydrogen-bond donors (Lipinski definition) is 2. The molecule has 0 bridgehead atoms. The van der Waals surface area contributed by atoms with Gasteiger partial charge in [-0.25, -0.2) is 0 Å². The van der Waals surface area contributed by atoms with Gasteiger partial charge in [-0.05, 0) is 37.0 Å². The Morgan fingerprint density at radius 1 is 1.37 bits per heavy atom. The lowest BCUT2D eigenvalue weighted by molar-refractivity contribution is -0.143. The van der Waals surface area contributed by atoms with Crippen molar-refractivity contribution in [2.45, 2.75) is 31.7 Å². The van der Waals surface area contributed by atoms with E-state index in [1.165, 1.54) is 6.92 Å². The number of ether oxygens (including phenoxy) is 2. The van der Waals surface area contributed by atoms with Crippen LogP contribution in [0.3, 0.4) is 0 Å². The Kier molecular flexibility index (Phi) is 4.78. The number of aliphatic carboxylic acids is 1. The van der Waals surface area contributed by atoms with Crippen molar-refractivity contribution in [3.05, 3.63) is 23.8 Å². The number of carboxylic acid groups (broad SMARTS) is 1. The number of hydrogen-bond acceptors (Lipinski definition) is 4. The Hall–Kier alpha value is -1.75. The normalized spacial score (nSPS) is 15.4. The molecule has 0 aromatic heterocycles. The smallest absolute Gasteiger partial charge is 0.323 e. The molecule has 0 radical (unpaired) electrons. The van der Waals surface area contributed by atoms with E-state index in [0.717, 1.165) is 5.56 Å². The molecule has 0 saturated carbocycles. The minimum absolute atomic E-state index is 0.00547. The van der Waals surface area contributed by atoms with Crippen molar-refractivity contribution < 1.29 is 19.4 Å². The monoisotopic (exact) mass is 267 g/mol. The van der Waals surface area contributed by atoms with Crippen LogP contribution >= 0.6 is 0 Å². The fraction of sp³-hybridized carbons (Fsp3) is 0.500. The van der Waals surface area contributed by atoms with Crippen molar-refractivity contribution in [2.24, 2.45) is 5.73 Å². The van der Waals surface area contributed by atoms with Gasteiger partial charge in [0.25, 0.3) is 0 Å². The average molecular weight is 267 g/mol. The van der Waals surface area contributed by atoms with Gasteiger partial charge in [0.2, 0.25) is 0 Å². The topological polar surface area (TPSA) is 81.8 Å². The molecule has 5 nitrogen and oxygen atoms in total. The average Bonchev–Trinajstić information content (AvgIpc) is 2.37. The second-order valence-electron chi connectivity index (χ2n) is 4.94. The lowest BCUT2D eigenvalue weighted by atomic mass is 9.86. The van der Waals surface area contributed by atoms with E-state index in [-0.39, 0.29) is 5.92 Å². The predicted molar refractivity (Wildman–Crippen MR) is 72.8 cm³/mol. The molecule has 0 aliphatic heterocycles. The number of carboxylic acids is 1. The van der Waals surface area contributed by atoms with Gasteiger partial charge in [-0.3, -0.25) is 4.79 Å². The van der Waals surface area contributed by atoms with Crippen LogP contribution in [0.25, 0.3) is 0 Å². The molecule has 5 heteroatoms. The molecule has 0 saturated heterocycles. The van der Waals surface area contributed by atoms with Gasteiger partial charge in [-0.1, -0.05) is 13.0 Å². The van der Waals surface area contributed by atoms with Gasteiger partial charge >= 0.3 is 5.97 Å². The molecule has 0 heterocycles. The molecule has 19 heavy (non-hydrogen) atoms. The third-order valence-corrected chi connectivity index (χ3v) is 3.20. The largest absolute Gasteiger partial charge is 0.493 e. The third-order valence-electron chi connectivity index (χ3n) is 3.20. The summed E-state index contributed by atoms with van der Waals surface area (Å²) in [5, 5.41) is 9.05. The number of nitrogens with two attached hydrogens (primary N) is 1. The maximum atomic E-state index is 11.0. The van der Waals surface area contributed by atoms with Crippen LogP contribution in [0.4, 0.5) is 0 Å². The Balaban J connectivity index is 2.94. The van der Waals surface area contributed by atoms with Gasteiger partial charge < -0.3 is 20.3 Å². The Labute approximate surface area is 113 Å². The Bertz CT molecular complexity index is 457. The van der Waals surface area contributed by atoms with Gasteiger partial charge in [-0.2, -0.15) is 0 Å². The fourth-order valence-corrected chi connectivity index (χ4v) is 2.00. The van der Waals surface area contributed by atoms with Crippen molar-refractivity contribution in [1.29, 1.82) is 0 Å². The van der Waals surface area contributed by atoms with Crippen molar-refractivity contribution in [1.82, 2.24) is 0 Å². The standard InChI is InChI=1S/C14H21NO4/c1-9(8-14(2,15)13(16)17)10-5-6-11(18-3)12(7-10)19-4/h5-7,9H,8,15H2,1-4H3,(H,16,17). The molecular formula is C14H21NO4. The Morgan fingerprint density at radius 2 is 1.95 bits per heavy atom. The zero-order chi connectivity index (χ0) is 14.6. The number of carbonyl (C=O) groups is 1. The summed E-state index contributed by atoms with van der Waals surface area (Å²) in [6.45, 7) is 3.46. The second-order valence-corrected chi connectivity index (χ2v) is 4.94. The summed E-state index contributed by atoms with van der Waals surface area (Å²) in [5.41, 5.74) is 5.49. The summed E-state index contributed by atoms with van der Waals surface area (Å²) < 4.78 is 10.4. The molecule has 2 unspecified atom stereocenters. The molecule has 0 aliphatic rings. The third kappa shape index (κ3) is 3.61. The molecule has 0 fully saturated rings. The minimum Gasteiger partial charge on any atom is -0.493 e. The molecule has 0 spiro atoms. The van der Waals surface area contributed by atoms with Crippen LogP contribution < -0.4 is 15.2 Å². The van der Waals surface area contributed by atoms with Crippen LogP contribution in [0, 0.1) is 0 Å². The van der Waals surface area contributed by atoms with Crippen LogP contribution in [0.1, 0.15) is 31.7 Å². The van der Waals surface area contributed by atoms with E-state index in [4.69, 9.17) is 20.3 Å². The van der Waals surface area contributed by atoms with Gasteiger partial charge in [0, 0.05) is 0 Å². The first kappa shape index (κ1) is 15.3. The van der Waals surface area contributed by atoms with Crippen LogP contribution in [0.5, 0.6) is 11.5 Å². The maximum absolute atomic E-state index is 11.0. The van der Waals surface area contributed by atoms with Gasteiger partial charge in [0.15, 0.2) is 11.5 Å². The van der Waals surface area contributed by atoms with E-state index < -0.39 is 11.5 Å². The molecule has 1 aromatic rings. The van der Waals surface area contributed by atoms with E-state index in [9.17, 15) is 4.79 Å². The summed E-state index contributed by atoms with van der Waals surface area (Å²) >= 11 is 0. The van der Waals surface area contributed by atoms with Crippen molar-refractivity contribution in [3.63, 3.8) is 0 Å². The van der Waals surface area contributed by atoms with Gasteiger partial charge in [-0.15, -0.1) is 0 Å². The SMILES string of the molecule is COc1ccc(C(C)CC(C)(N)C(=O)O)cc1OC. The summed E-state index contributed by atoms with van der Waals surface area (Å²) in [4.78, 5) is 11.0. The number of benzene rings is 1. The second kappa shape index (κ2) is 5.93. The first-order valence-corrected chi connectivity index (χ1v) is 6.06.